The minimum atomic E-state index is -0.0516. The summed E-state index contributed by atoms with van der Waals surface area (Å²) in [6.45, 7) is 7.99. The molecule has 4 rings (SSSR count). The van der Waals surface area contributed by atoms with E-state index in [1.54, 1.807) is 6.07 Å². The molecule has 0 saturated carbocycles. The highest BCUT2D eigenvalue weighted by Gasteiger charge is 2.28. The summed E-state index contributed by atoms with van der Waals surface area (Å²) in [5.74, 6) is 1.51. The highest BCUT2D eigenvalue weighted by molar-refractivity contribution is 5.78. The first-order chi connectivity index (χ1) is 15.0. The molecule has 31 heavy (non-hydrogen) atoms. The van der Waals surface area contributed by atoms with Crippen LogP contribution >= 0.6 is 0 Å². The van der Waals surface area contributed by atoms with Gasteiger partial charge in [-0.25, -0.2) is 4.98 Å². The van der Waals surface area contributed by atoms with Gasteiger partial charge in [-0.3, -0.25) is 9.59 Å². The summed E-state index contributed by atoms with van der Waals surface area (Å²) in [6.07, 6.45) is 4.37. The minimum Gasteiger partial charge on any atom is -0.342 e. The molecule has 166 valence electrons. The molecule has 1 atom stereocenters. The summed E-state index contributed by atoms with van der Waals surface area (Å²) in [6, 6.07) is 12.1. The molecule has 2 aliphatic rings. The molecule has 1 N–H and O–H groups in total. The lowest BCUT2D eigenvalue weighted by atomic mass is 9.92. The number of hydrogen-bond donors (Lipinski definition) is 1. The summed E-state index contributed by atoms with van der Waals surface area (Å²) in [5, 5.41) is 0. The molecule has 0 spiro atoms. The van der Waals surface area contributed by atoms with Crippen LogP contribution in [0.4, 0.5) is 0 Å². The Morgan fingerprint density at radius 1 is 1.10 bits per heavy atom. The smallest absolute Gasteiger partial charge is 0.251 e. The second-order valence-corrected chi connectivity index (χ2v) is 9.30. The second-order valence-electron chi connectivity index (χ2n) is 9.30. The fourth-order valence-electron chi connectivity index (χ4n) is 4.90. The van der Waals surface area contributed by atoms with E-state index < -0.39 is 0 Å². The van der Waals surface area contributed by atoms with Gasteiger partial charge in [-0.15, -0.1) is 0 Å². The quantitative estimate of drug-likeness (QED) is 0.803. The number of amides is 1. The lowest BCUT2D eigenvalue weighted by molar-refractivity contribution is -0.131. The van der Waals surface area contributed by atoms with Crippen LogP contribution in [0, 0.1) is 0 Å². The topological polar surface area (TPSA) is 69.3 Å². The molecule has 1 aromatic heterocycles. The van der Waals surface area contributed by atoms with Crippen LogP contribution in [0.5, 0.6) is 0 Å². The number of carbonyl (C=O) groups is 1. The van der Waals surface area contributed by atoms with E-state index in [1.807, 2.05) is 35.2 Å². The molecule has 0 unspecified atom stereocenters. The Hall–Kier alpha value is -2.47. The van der Waals surface area contributed by atoms with Crippen LogP contribution in [0.1, 0.15) is 68.4 Å². The van der Waals surface area contributed by atoms with E-state index in [-0.39, 0.29) is 17.4 Å². The van der Waals surface area contributed by atoms with Crippen LogP contribution in [0.25, 0.3) is 0 Å². The van der Waals surface area contributed by atoms with Crippen molar-refractivity contribution in [2.24, 2.45) is 0 Å². The van der Waals surface area contributed by atoms with Crippen LogP contribution in [-0.2, 0) is 11.2 Å². The number of piperidine rings is 2. The predicted octanol–water partition coefficient (Wildman–Crippen LogP) is 3.31. The fourth-order valence-corrected chi connectivity index (χ4v) is 4.90. The van der Waals surface area contributed by atoms with Gasteiger partial charge in [0.2, 0.25) is 5.91 Å². The Morgan fingerprint density at radius 3 is 2.55 bits per heavy atom. The van der Waals surface area contributed by atoms with Crippen LogP contribution in [-0.4, -0.2) is 57.9 Å². The molecule has 0 bridgehead atoms. The molecule has 2 aromatic rings. The van der Waals surface area contributed by atoms with Crippen LogP contribution in [0.2, 0.25) is 0 Å². The summed E-state index contributed by atoms with van der Waals surface area (Å²) in [4.78, 5) is 37.4. The highest BCUT2D eigenvalue weighted by atomic mass is 16.2. The maximum absolute atomic E-state index is 12.7. The van der Waals surface area contributed by atoms with E-state index in [1.165, 1.54) is 0 Å². The molecule has 2 fully saturated rings. The van der Waals surface area contributed by atoms with Crippen molar-refractivity contribution in [2.45, 2.75) is 63.8 Å². The van der Waals surface area contributed by atoms with Crippen molar-refractivity contribution >= 4 is 5.91 Å². The maximum Gasteiger partial charge on any atom is 0.251 e. The number of hydrogen-bond acceptors (Lipinski definition) is 4. The lowest BCUT2D eigenvalue weighted by Gasteiger charge is -2.35. The van der Waals surface area contributed by atoms with Gasteiger partial charge in [0, 0.05) is 43.6 Å². The van der Waals surface area contributed by atoms with Gasteiger partial charge in [0.05, 0.1) is 12.1 Å². The van der Waals surface area contributed by atoms with Gasteiger partial charge < -0.3 is 14.8 Å². The Bertz CT molecular complexity index is 932. The number of nitrogens with one attached hydrogen (secondary N) is 1. The molecule has 2 aliphatic heterocycles. The normalized spacial score (nSPS) is 20.9. The van der Waals surface area contributed by atoms with Gasteiger partial charge >= 0.3 is 0 Å². The molecule has 1 aromatic carbocycles. The highest BCUT2D eigenvalue weighted by Crippen LogP contribution is 2.29. The molecule has 6 heteroatoms. The Balaban J connectivity index is 1.39. The number of carbonyl (C=O) groups excluding carboxylic acids is 1. The zero-order valence-electron chi connectivity index (χ0n) is 18.7. The summed E-state index contributed by atoms with van der Waals surface area (Å²) in [7, 11) is 0. The largest absolute Gasteiger partial charge is 0.342 e. The zero-order chi connectivity index (χ0) is 21.8. The molecular weight excluding hydrogens is 388 g/mol. The summed E-state index contributed by atoms with van der Waals surface area (Å²) in [5.41, 5.74) is 1.94. The van der Waals surface area contributed by atoms with Crippen LogP contribution < -0.4 is 5.56 Å². The van der Waals surface area contributed by atoms with E-state index in [9.17, 15) is 9.59 Å². The van der Waals surface area contributed by atoms with E-state index in [0.29, 0.717) is 18.4 Å². The number of H-pyrrole nitrogens is 1. The lowest BCUT2D eigenvalue weighted by Crippen LogP contribution is -2.40. The van der Waals surface area contributed by atoms with Gasteiger partial charge in [0.25, 0.3) is 5.56 Å². The van der Waals surface area contributed by atoms with Crippen molar-refractivity contribution in [2.75, 3.05) is 26.2 Å². The van der Waals surface area contributed by atoms with Crippen molar-refractivity contribution in [3.63, 3.8) is 0 Å². The number of benzene rings is 1. The Kier molecular flexibility index (Phi) is 6.86. The predicted molar refractivity (Wildman–Crippen MR) is 122 cm³/mol. The molecule has 0 aliphatic carbocycles. The Morgan fingerprint density at radius 2 is 1.84 bits per heavy atom. The summed E-state index contributed by atoms with van der Waals surface area (Å²) >= 11 is 0. The molecular formula is C25H34N4O2. The number of aromatic nitrogens is 2. The standard InChI is InChI=1S/C25H34N4O2/c1-18(2)29-12-6-9-21(17-29)22-16-23(30)27-25(26-22)20-10-13-28(14-11-20)24(31)15-19-7-4-3-5-8-19/h3-5,7-8,16,18,20-21H,6,9-15,17H2,1-2H3,(H,26,27,30)/t21-/m0/s1. The molecule has 2 saturated heterocycles. The first-order valence-corrected chi connectivity index (χ1v) is 11.7. The van der Waals surface area contributed by atoms with E-state index >= 15 is 0 Å². The fraction of sp³-hybridized carbons (Fsp3) is 0.560. The van der Waals surface area contributed by atoms with Gasteiger partial charge in [-0.05, 0) is 51.6 Å². The third-order valence-corrected chi connectivity index (χ3v) is 6.81. The number of likely N-dealkylation sites (tertiary alicyclic amines) is 2. The molecule has 6 nitrogen and oxygen atoms in total. The van der Waals surface area contributed by atoms with Crippen molar-refractivity contribution in [1.29, 1.82) is 0 Å². The SMILES string of the molecule is CC(C)N1CCC[C@H](c2cc(=O)[nH]c(C3CCN(C(=O)Cc4ccccc4)CC3)n2)C1. The average molecular weight is 423 g/mol. The van der Waals surface area contributed by atoms with E-state index in [4.69, 9.17) is 4.98 Å². The third kappa shape index (κ3) is 5.42. The van der Waals surface area contributed by atoms with E-state index in [0.717, 1.165) is 68.9 Å². The van der Waals surface area contributed by atoms with Gasteiger partial charge in [-0.1, -0.05) is 30.3 Å². The van der Waals surface area contributed by atoms with Crippen LogP contribution in [0.15, 0.2) is 41.2 Å². The monoisotopic (exact) mass is 422 g/mol. The third-order valence-electron chi connectivity index (χ3n) is 6.81. The average Bonchev–Trinajstić information content (AvgIpc) is 2.79. The minimum absolute atomic E-state index is 0.0516. The number of aromatic amines is 1. The zero-order valence-corrected chi connectivity index (χ0v) is 18.7. The van der Waals surface area contributed by atoms with Gasteiger partial charge in [0.1, 0.15) is 5.82 Å². The van der Waals surface area contributed by atoms with Crippen molar-refractivity contribution in [3.8, 4) is 0 Å². The van der Waals surface area contributed by atoms with Gasteiger partial charge in [-0.2, -0.15) is 0 Å². The van der Waals surface area contributed by atoms with Crippen molar-refractivity contribution < 1.29 is 4.79 Å². The van der Waals surface area contributed by atoms with E-state index in [2.05, 4.69) is 23.7 Å². The molecule has 0 radical (unpaired) electrons. The number of rotatable bonds is 5. The Labute approximate surface area is 184 Å². The van der Waals surface area contributed by atoms with Crippen LogP contribution in [0.3, 0.4) is 0 Å². The molecule has 1 amide bonds. The second kappa shape index (κ2) is 9.77. The van der Waals surface area contributed by atoms with Crippen molar-refractivity contribution in [3.05, 3.63) is 63.8 Å². The first kappa shape index (κ1) is 21.8. The first-order valence-electron chi connectivity index (χ1n) is 11.7. The number of nitrogens with zero attached hydrogens (tertiary/aromatic N) is 3. The van der Waals surface area contributed by atoms with Gasteiger partial charge in [0.15, 0.2) is 0 Å². The van der Waals surface area contributed by atoms with Crippen molar-refractivity contribution in [1.82, 2.24) is 19.8 Å². The molecule has 3 heterocycles. The maximum atomic E-state index is 12.7. The summed E-state index contributed by atoms with van der Waals surface area (Å²) < 4.78 is 0.